The van der Waals surface area contributed by atoms with Crippen LogP contribution in [0, 0.1) is 0 Å². The first-order valence-corrected chi connectivity index (χ1v) is 11.9. The van der Waals surface area contributed by atoms with E-state index in [1.165, 1.54) is 5.56 Å². The van der Waals surface area contributed by atoms with Crippen molar-refractivity contribution in [3.8, 4) is 0 Å². The molecule has 1 aliphatic heterocycles. The number of H-pyrrole nitrogens is 1. The summed E-state index contributed by atoms with van der Waals surface area (Å²) in [6, 6.07) is 10.4. The molecule has 0 aliphatic carbocycles. The number of aryl methyl sites for hydroxylation is 1. The van der Waals surface area contributed by atoms with E-state index < -0.39 is 11.9 Å². The number of hydrogen-bond donors (Lipinski definition) is 4. The van der Waals surface area contributed by atoms with Crippen LogP contribution in [0.5, 0.6) is 0 Å². The molecule has 184 valence electrons. The fourth-order valence-corrected chi connectivity index (χ4v) is 4.02. The Morgan fingerprint density at radius 1 is 1.09 bits per heavy atom. The number of furan rings is 1. The zero-order valence-electron chi connectivity index (χ0n) is 19.7. The van der Waals surface area contributed by atoms with Gasteiger partial charge in [-0.05, 0) is 55.5 Å². The van der Waals surface area contributed by atoms with E-state index in [2.05, 4.69) is 27.5 Å². The quantitative estimate of drug-likeness (QED) is 0.368. The van der Waals surface area contributed by atoms with Gasteiger partial charge in [-0.25, -0.2) is 9.78 Å². The maximum absolute atomic E-state index is 12.5. The number of anilines is 2. The molecule has 0 atom stereocenters. The molecule has 3 aromatic rings. The van der Waals surface area contributed by atoms with Crippen LogP contribution in [0.1, 0.15) is 70.8 Å². The van der Waals surface area contributed by atoms with Gasteiger partial charge in [0, 0.05) is 18.8 Å². The number of nitrogens with zero attached hydrogens (tertiary/aromatic N) is 2. The number of nitrogens with two attached hydrogens (primary N) is 1. The molecule has 0 unspecified atom stereocenters. The summed E-state index contributed by atoms with van der Waals surface area (Å²) in [5, 5.41) is 5.33. The number of carbonyl (C=O) groups excluding carboxylic acids is 3. The molecule has 1 aromatic carbocycles. The third kappa shape index (κ3) is 6.08. The highest BCUT2D eigenvalue weighted by molar-refractivity contribution is 6.04. The van der Waals surface area contributed by atoms with Crippen LogP contribution in [-0.4, -0.2) is 45.8 Å². The molecule has 2 aromatic heterocycles. The molecule has 0 radical (unpaired) electrons. The summed E-state index contributed by atoms with van der Waals surface area (Å²) in [6.07, 6.45) is 5.40. The largest absolute Gasteiger partial charge is 0.455 e. The fraction of sp³-hybridized carbons (Fsp3) is 0.360. The number of carbonyl (C=O) groups is 3. The van der Waals surface area contributed by atoms with Crippen LogP contribution in [0.25, 0.3) is 0 Å². The Morgan fingerprint density at radius 2 is 1.83 bits per heavy atom. The number of amides is 4. The summed E-state index contributed by atoms with van der Waals surface area (Å²) < 4.78 is 5.70. The van der Waals surface area contributed by atoms with Gasteiger partial charge in [0.15, 0.2) is 11.5 Å². The maximum atomic E-state index is 12.5. The number of likely N-dealkylation sites (tertiary alicyclic amines) is 1. The van der Waals surface area contributed by atoms with Gasteiger partial charge in [-0.2, -0.15) is 0 Å². The molecule has 4 rings (SSSR count). The Kier molecular flexibility index (Phi) is 7.49. The topological polar surface area (TPSA) is 146 Å². The molecule has 5 N–H and O–H groups in total. The molecule has 1 fully saturated rings. The van der Waals surface area contributed by atoms with Gasteiger partial charge in [0.25, 0.3) is 11.8 Å². The first kappa shape index (κ1) is 24.1. The number of rotatable bonds is 9. The minimum atomic E-state index is -0.785. The molecule has 10 nitrogen and oxygen atoms in total. The average molecular weight is 479 g/mol. The molecule has 10 heteroatoms. The van der Waals surface area contributed by atoms with Crippen molar-refractivity contribution in [2.45, 2.75) is 45.4 Å². The van der Waals surface area contributed by atoms with E-state index >= 15 is 0 Å². The van der Waals surface area contributed by atoms with Crippen molar-refractivity contribution >= 4 is 29.4 Å². The molecule has 3 heterocycles. The number of hydrogen-bond acceptors (Lipinski definition) is 5. The number of primary amides is 1. The van der Waals surface area contributed by atoms with Crippen molar-refractivity contribution in [2.75, 3.05) is 23.7 Å². The zero-order chi connectivity index (χ0) is 24.8. The van der Waals surface area contributed by atoms with Crippen LogP contribution in [0.2, 0.25) is 0 Å². The van der Waals surface area contributed by atoms with Gasteiger partial charge >= 0.3 is 6.03 Å². The minimum absolute atomic E-state index is 0.0875. The minimum Gasteiger partial charge on any atom is -0.455 e. The second kappa shape index (κ2) is 10.9. The number of imidazole rings is 1. The SMILES string of the molecule is CCCCc1ccc(NC(=O)Nc2[nH]c(Cc3ccc(C(=O)N4CCCC4)o3)nc2C(N)=O)cc1. The van der Waals surface area contributed by atoms with E-state index in [9.17, 15) is 14.4 Å². The van der Waals surface area contributed by atoms with Crippen LogP contribution in [0.3, 0.4) is 0 Å². The molecule has 1 aliphatic rings. The predicted octanol–water partition coefficient (Wildman–Crippen LogP) is 3.92. The Morgan fingerprint density at radius 3 is 2.51 bits per heavy atom. The number of benzene rings is 1. The monoisotopic (exact) mass is 478 g/mol. The molecule has 35 heavy (non-hydrogen) atoms. The lowest BCUT2D eigenvalue weighted by Gasteiger charge is -2.12. The molecule has 0 saturated carbocycles. The smallest absolute Gasteiger partial charge is 0.324 e. The van der Waals surface area contributed by atoms with Crippen molar-refractivity contribution in [2.24, 2.45) is 5.73 Å². The van der Waals surface area contributed by atoms with Crippen molar-refractivity contribution < 1.29 is 18.8 Å². The second-order valence-electron chi connectivity index (χ2n) is 8.59. The average Bonchev–Trinajstić information content (AvgIpc) is 3.60. The van der Waals surface area contributed by atoms with E-state index in [1.807, 2.05) is 24.3 Å². The Balaban J connectivity index is 1.40. The number of nitrogens with one attached hydrogen (secondary N) is 3. The fourth-order valence-electron chi connectivity index (χ4n) is 4.02. The lowest BCUT2D eigenvalue weighted by molar-refractivity contribution is 0.0759. The predicted molar refractivity (Wildman–Crippen MR) is 131 cm³/mol. The third-order valence-electron chi connectivity index (χ3n) is 5.86. The molecular weight excluding hydrogens is 448 g/mol. The van der Waals surface area contributed by atoms with Crippen molar-refractivity contribution in [1.82, 2.24) is 14.9 Å². The van der Waals surface area contributed by atoms with Gasteiger partial charge in [0.2, 0.25) is 0 Å². The summed E-state index contributed by atoms with van der Waals surface area (Å²) in [6.45, 7) is 3.61. The van der Waals surface area contributed by atoms with Gasteiger partial charge in [-0.3, -0.25) is 14.9 Å². The van der Waals surface area contributed by atoms with Crippen molar-refractivity contribution in [3.63, 3.8) is 0 Å². The van der Waals surface area contributed by atoms with Gasteiger partial charge in [0.05, 0.1) is 6.42 Å². The van der Waals surface area contributed by atoms with E-state index in [0.29, 0.717) is 17.3 Å². The maximum Gasteiger partial charge on any atom is 0.324 e. The molecule has 1 saturated heterocycles. The van der Waals surface area contributed by atoms with Crippen LogP contribution >= 0.6 is 0 Å². The normalized spacial score (nSPS) is 13.1. The number of aromatic nitrogens is 2. The first-order chi connectivity index (χ1) is 16.9. The van der Waals surface area contributed by atoms with Crippen LogP contribution in [-0.2, 0) is 12.8 Å². The summed E-state index contributed by atoms with van der Waals surface area (Å²) in [7, 11) is 0. The van der Waals surface area contributed by atoms with Crippen LogP contribution in [0.15, 0.2) is 40.8 Å². The highest BCUT2D eigenvalue weighted by Crippen LogP contribution is 2.20. The van der Waals surface area contributed by atoms with Crippen molar-refractivity contribution in [1.29, 1.82) is 0 Å². The van der Waals surface area contributed by atoms with Crippen LogP contribution < -0.4 is 16.4 Å². The number of urea groups is 1. The highest BCUT2D eigenvalue weighted by atomic mass is 16.4. The van der Waals surface area contributed by atoms with E-state index in [-0.39, 0.29) is 29.6 Å². The Bertz CT molecular complexity index is 1190. The summed E-state index contributed by atoms with van der Waals surface area (Å²) >= 11 is 0. The summed E-state index contributed by atoms with van der Waals surface area (Å²) in [5.74, 6) is 0.294. The van der Waals surface area contributed by atoms with E-state index in [0.717, 1.165) is 45.2 Å². The van der Waals surface area contributed by atoms with Gasteiger partial charge in [-0.1, -0.05) is 25.5 Å². The molecular formula is C25H30N6O4. The van der Waals surface area contributed by atoms with Crippen molar-refractivity contribution in [3.05, 3.63) is 65.0 Å². The van der Waals surface area contributed by atoms with Gasteiger partial charge in [-0.15, -0.1) is 0 Å². The standard InChI is InChI=1S/C25H30N6O4/c1-2-3-6-16-7-9-17(10-8-16)27-25(34)30-23-21(22(26)32)28-20(29-23)15-18-11-12-19(35-18)24(33)31-13-4-5-14-31/h7-12H,2-6,13-15H2,1H3,(H2,26,32)(H,28,29)(H2,27,30,34). The first-order valence-electron chi connectivity index (χ1n) is 11.9. The van der Waals surface area contributed by atoms with Gasteiger partial charge in [0.1, 0.15) is 17.4 Å². The summed E-state index contributed by atoms with van der Waals surface area (Å²) in [5.41, 5.74) is 7.18. The molecule has 0 bridgehead atoms. The lowest BCUT2D eigenvalue weighted by atomic mass is 10.1. The summed E-state index contributed by atoms with van der Waals surface area (Å²) in [4.78, 5) is 45.8. The van der Waals surface area contributed by atoms with E-state index in [4.69, 9.17) is 10.2 Å². The Labute approximate surface area is 203 Å². The van der Waals surface area contributed by atoms with Gasteiger partial charge < -0.3 is 25.4 Å². The Hall–Kier alpha value is -4.08. The third-order valence-corrected chi connectivity index (χ3v) is 5.86. The lowest BCUT2D eigenvalue weighted by Crippen LogP contribution is -2.27. The van der Waals surface area contributed by atoms with Crippen LogP contribution in [0.4, 0.5) is 16.3 Å². The number of aromatic amines is 1. The molecule has 0 spiro atoms. The molecule has 4 amide bonds. The highest BCUT2D eigenvalue weighted by Gasteiger charge is 2.23. The van der Waals surface area contributed by atoms with E-state index in [1.54, 1.807) is 17.0 Å². The zero-order valence-corrected chi connectivity index (χ0v) is 19.7. The number of unbranched alkanes of at least 4 members (excludes halogenated alkanes) is 1. The second-order valence-corrected chi connectivity index (χ2v) is 8.59.